The van der Waals surface area contributed by atoms with Gasteiger partial charge in [0.05, 0.1) is 16.4 Å². The van der Waals surface area contributed by atoms with Crippen molar-refractivity contribution in [3.63, 3.8) is 0 Å². The van der Waals surface area contributed by atoms with Crippen LogP contribution in [0.4, 0.5) is 0 Å². The first-order valence-electron chi connectivity index (χ1n) is 15.6. The van der Waals surface area contributed by atoms with Gasteiger partial charge in [-0.05, 0) is 74.1 Å². The number of furan rings is 1. The van der Waals surface area contributed by atoms with Crippen LogP contribution in [0.25, 0.3) is 105 Å². The first kappa shape index (κ1) is 24.1. The number of fused-ring (bicyclic) bond motifs is 10. The van der Waals surface area contributed by atoms with E-state index in [0.29, 0.717) is 11.5 Å². The summed E-state index contributed by atoms with van der Waals surface area (Å²) in [6, 6.07) is 49.5. The zero-order chi connectivity index (χ0) is 29.9. The molecule has 0 saturated carbocycles. The molecule has 212 valence electrons. The SMILES string of the molecule is c1ccc2c(c1)-c1cccc3c(-c4nc(-n5c6ccccc6c6cc7ccccc7cc65)c5c(n4)oc4ccccc45)ccc-2c13. The van der Waals surface area contributed by atoms with Crippen molar-refractivity contribution in [2.45, 2.75) is 0 Å². The monoisotopic (exact) mass is 585 g/mol. The van der Waals surface area contributed by atoms with Gasteiger partial charge in [0.15, 0.2) is 11.6 Å². The van der Waals surface area contributed by atoms with Crippen LogP contribution in [0.1, 0.15) is 0 Å². The highest BCUT2D eigenvalue weighted by Crippen LogP contribution is 2.49. The van der Waals surface area contributed by atoms with Crippen molar-refractivity contribution < 1.29 is 4.42 Å². The summed E-state index contributed by atoms with van der Waals surface area (Å²) in [4.78, 5) is 10.6. The third-order valence-corrected chi connectivity index (χ3v) is 9.76. The van der Waals surface area contributed by atoms with Gasteiger partial charge in [0, 0.05) is 21.7 Å². The largest absolute Gasteiger partial charge is 0.437 e. The number of hydrogen-bond acceptors (Lipinski definition) is 3. The minimum absolute atomic E-state index is 0.583. The molecule has 0 N–H and O–H groups in total. The summed E-state index contributed by atoms with van der Waals surface area (Å²) in [6.07, 6.45) is 0. The molecule has 0 unspecified atom stereocenters. The second kappa shape index (κ2) is 8.68. The summed E-state index contributed by atoms with van der Waals surface area (Å²) < 4.78 is 8.81. The van der Waals surface area contributed by atoms with Gasteiger partial charge in [0.1, 0.15) is 5.58 Å². The molecule has 4 nitrogen and oxygen atoms in total. The third-order valence-electron chi connectivity index (χ3n) is 9.76. The number of rotatable bonds is 2. The zero-order valence-electron chi connectivity index (χ0n) is 24.5. The molecule has 0 amide bonds. The van der Waals surface area contributed by atoms with Crippen LogP contribution in [0.2, 0.25) is 0 Å². The van der Waals surface area contributed by atoms with Crippen LogP contribution in [0.5, 0.6) is 0 Å². The number of para-hydroxylation sites is 2. The molecule has 7 aromatic carbocycles. The summed E-state index contributed by atoms with van der Waals surface area (Å²) in [7, 11) is 0. The molecule has 1 aliphatic carbocycles. The minimum atomic E-state index is 0.583. The molecule has 0 aliphatic heterocycles. The van der Waals surface area contributed by atoms with E-state index in [1.54, 1.807) is 0 Å². The number of benzene rings is 7. The van der Waals surface area contributed by atoms with Crippen molar-refractivity contribution in [1.29, 1.82) is 0 Å². The van der Waals surface area contributed by atoms with E-state index in [-0.39, 0.29) is 0 Å². The highest BCUT2D eigenvalue weighted by atomic mass is 16.3. The molecule has 46 heavy (non-hydrogen) atoms. The zero-order valence-corrected chi connectivity index (χ0v) is 24.5. The normalized spacial score (nSPS) is 12.3. The maximum Gasteiger partial charge on any atom is 0.233 e. The fraction of sp³-hybridized carbons (Fsp3) is 0. The molecular weight excluding hydrogens is 562 g/mol. The molecule has 3 aromatic heterocycles. The Morgan fingerprint density at radius 1 is 0.435 bits per heavy atom. The summed E-state index contributed by atoms with van der Waals surface area (Å²) in [6.45, 7) is 0. The second-order valence-corrected chi connectivity index (χ2v) is 12.2. The van der Waals surface area contributed by atoms with Crippen molar-refractivity contribution in [3.8, 4) is 39.5 Å². The van der Waals surface area contributed by atoms with E-state index in [1.807, 2.05) is 12.1 Å². The Balaban J connectivity index is 1.29. The van der Waals surface area contributed by atoms with E-state index in [0.717, 1.165) is 44.2 Å². The van der Waals surface area contributed by atoms with Gasteiger partial charge < -0.3 is 4.42 Å². The Labute approximate surface area is 262 Å². The van der Waals surface area contributed by atoms with Crippen molar-refractivity contribution in [1.82, 2.24) is 14.5 Å². The van der Waals surface area contributed by atoms with Crippen molar-refractivity contribution in [2.75, 3.05) is 0 Å². The van der Waals surface area contributed by atoms with Gasteiger partial charge in [-0.15, -0.1) is 0 Å². The minimum Gasteiger partial charge on any atom is -0.437 e. The third kappa shape index (κ3) is 3.07. The molecule has 3 heterocycles. The molecule has 0 bridgehead atoms. The van der Waals surface area contributed by atoms with E-state index in [2.05, 4.69) is 132 Å². The molecule has 0 radical (unpaired) electrons. The number of hydrogen-bond donors (Lipinski definition) is 0. The first-order chi connectivity index (χ1) is 22.8. The Kier molecular flexibility index (Phi) is 4.55. The lowest BCUT2D eigenvalue weighted by Crippen LogP contribution is -2.02. The lowest BCUT2D eigenvalue weighted by molar-refractivity contribution is 0.653. The lowest BCUT2D eigenvalue weighted by atomic mass is 9.98. The van der Waals surface area contributed by atoms with Crippen molar-refractivity contribution in [2.24, 2.45) is 0 Å². The van der Waals surface area contributed by atoms with Gasteiger partial charge in [-0.2, -0.15) is 4.98 Å². The van der Waals surface area contributed by atoms with Crippen LogP contribution in [0.15, 0.2) is 144 Å². The molecular formula is C42H23N3O. The summed E-state index contributed by atoms with van der Waals surface area (Å²) >= 11 is 0. The maximum absolute atomic E-state index is 6.51. The Morgan fingerprint density at radius 3 is 1.96 bits per heavy atom. The predicted molar refractivity (Wildman–Crippen MR) is 189 cm³/mol. The van der Waals surface area contributed by atoms with Gasteiger partial charge >= 0.3 is 0 Å². The van der Waals surface area contributed by atoms with Crippen LogP contribution in [0.3, 0.4) is 0 Å². The molecule has 0 spiro atoms. The molecule has 10 aromatic rings. The molecule has 0 saturated heterocycles. The van der Waals surface area contributed by atoms with E-state index < -0.39 is 0 Å². The average Bonchev–Trinajstić information content (AvgIpc) is 3.76. The fourth-order valence-corrected chi connectivity index (χ4v) is 7.77. The Hall–Kier alpha value is -6.26. The highest BCUT2D eigenvalue weighted by Gasteiger charge is 2.25. The Morgan fingerprint density at radius 2 is 1.09 bits per heavy atom. The second-order valence-electron chi connectivity index (χ2n) is 12.2. The maximum atomic E-state index is 6.51. The number of nitrogens with zero attached hydrogens (tertiary/aromatic N) is 3. The van der Waals surface area contributed by atoms with Gasteiger partial charge in [0.25, 0.3) is 0 Å². The van der Waals surface area contributed by atoms with Crippen molar-refractivity contribution >= 4 is 65.4 Å². The first-order valence-corrected chi connectivity index (χ1v) is 15.6. The van der Waals surface area contributed by atoms with Gasteiger partial charge in [-0.3, -0.25) is 4.57 Å². The smallest absolute Gasteiger partial charge is 0.233 e. The quantitative estimate of drug-likeness (QED) is 0.203. The highest BCUT2D eigenvalue weighted by molar-refractivity contribution is 6.19. The summed E-state index contributed by atoms with van der Waals surface area (Å²) in [5.74, 6) is 1.46. The van der Waals surface area contributed by atoms with Gasteiger partial charge in [0.2, 0.25) is 5.71 Å². The van der Waals surface area contributed by atoms with E-state index in [4.69, 9.17) is 14.4 Å². The van der Waals surface area contributed by atoms with Crippen LogP contribution < -0.4 is 0 Å². The van der Waals surface area contributed by atoms with Gasteiger partial charge in [-0.25, -0.2) is 4.98 Å². The van der Waals surface area contributed by atoms with Crippen LogP contribution in [-0.2, 0) is 0 Å². The molecule has 0 fully saturated rings. The van der Waals surface area contributed by atoms with E-state index in [1.165, 1.54) is 49.2 Å². The van der Waals surface area contributed by atoms with Gasteiger partial charge in [-0.1, -0.05) is 109 Å². The number of aromatic nitrogens is 3. The van der Waals surface area contributed by atoms with E-state index >= 15 is 0 Å². The van der Waals surface area contributed by atoms with Crippen LogP contribution in [0, 0.1) is 0 Å². The van der Waals surface area contributed by atoms with Crippen LogP contribution >= 0.6 is 0 Å². The Bertz CT molecular complexity index is 2900. The lowest BCUT2D eigenvalue weighted by Gasteiger charge is -2.13. The van der Waals surface area contributed by atoms with Crippen LogP contribution in [-0.4, -0.2) is 14.5 Å². The molecule has 11 rings (SSSR count). The topological polar surface area (TPSA) is 43.9 Å². The average molecular weight is 586 g/mol. The molecule has 1 aliphatic rings. The predicted octanol–water partition coefficient (Wildman–Crippen LogP) is 11.1. The van der Waals surface area contributed by atoms with Crippen molar-refractivity contribution in [3.05, 3.63) is 140 Å². The summed E-state index contributed by atoms with van der Waals surface area (Å²) in [5.41, 5.74) is 9.62. The standard InChI is InChI=1S/C42H23N3O/c1-2-11-25-23-36-34(22-24(25)10-1)28-14-5-7-18-35(28)45(36)41-39-33-15-6-8-19-37(33)46-42(39)44-40(43-41)32-21-20-31-27-13-4-3-12-26(27)29-16-9-17-30(32)38(29)31/h1-23H. The summed E-state index contributed by atoms with van der Waals surface area (Å²) in [5, 5.41) is 9.09. The molecule has 4 heteroatoms. The fourth-order valence-electron chi connectivity index (χ4n) is 7.77. The molecule has 0 atom stereocenters. The van der Waals surface area contributed by atoms with E-state index in [9.17, 15) is 0 Å².